The van der Waals surface area contributed by atoms with Gasteiger partial charge in [-0.3, -0.25) is 0 Å². The lowest BCUT2D eigenvalue weighted by atomic mass is 10.2. The maximum absolute atomic E-state index is 5.86. The average Bonchev–Trinajstić information content (AvgIpc) is 2.17. The van der Waals surface area contributed by atoms with Crippen LogP contribution in [0.2, 0.25) is 0 Å². The Kier molecular flexibility index (Phi) is 3.19. The summed E-state index contributed by atoms with van der Waals surface area (Å²) < 4.78 is 5.10. The predicted molar refractivity (Wildman–Crippen MR) is 59.2 cm³/mol. The van der Waals surface area contributed by atoms with Crippen molar-refractivity contribution in [1.29, 1.82) is 0 Å². The first-order chi connectivity index (χ1) is 6.56. The highest BCUT2D eigenvalue weighted by Crippen LogP contribution is 2.27. The number of rotatable bonds is 3. The largest absolute Gasteiger partial charge is 0.497 e. The lowest BCUT2D eigenvalue weighted by Crippen LogP contribution is -2.37. The van der Waals surface area contributed by atoms with Gasteiger partial charge in [-0.05, 0) is 26.0 Å². The summed E-state index contributed by atoms with van der Waals surface area (Å²) >= 11 is 0. The Hall–Kier alpha value is -1.42. The molecular weight excluding hydrogens is 178 g/mol. The van der Waals surface area contributed by atoms with Gasteiger partial charge in [0.05, 0.1) is 18.5 Å². The summed E-state index contributed by atoms with van der Waals surface area (Å²) in [5.41, 5.74) is 7.25. The van der Waals surface area contributed by atoms with Gasteiger partial charge in [0.1, 0.15) is 5.75 Å². The van der Waals surface area contributed by atoms with Crippen LogP contribution < -0.4 is 21.3 Å². The lowest BCUT2D eigenvalue weighted by Gasteiger charge is -2.24. The first-order valence-corrected chi connectivity index (χ1v) is 4.53. The van der Waals surface area contributed by atoms with Gasteiger partial charge in [0.15, 0.2) is 0 Å². The van der Waals surface area contributed by atoms with Crippen LogP contribution in [-0.2, 0) is 0 Å². The third-order valence-corrected chi connectivity index (χ3v) is 2.07. The standard InChI is InChI=1S/C10H17N3O/c1-7(2)13(12)10-6-8(14-3)4-5-9(10)11/h4-7H,11-12H2,1-3H3. The number of ether oxygens (including phenoxy) is 1. The maximum atomic E-state index is 5.86. The Morgan fingerprint density at radius 2 is 2.00 bits per heavy atom. The van der Waals surface area contributed by atoms with Crippen LogP contribution in [0.15, 0.2) is 18.2 Å². The van der Waals surface area contributed by atoms with E-state index in [4.69, 9.17) is 16.3 Å². The molecule has 78 valence electrons. The fraction of sp³-hybridized carbons (Fsp3) is 0.400. The van der Waals surface area contributed by atoms with E-state index in [1.165, 1.54) is 0 Å². The molecule has 0 heterocycles. The minimum Gasteiger partial charge on any atom is -0.497 e. The van der Waals surface area contributed by atoms with Crippen molar-refractivity contribution in [2.24, 2.45) is 5.84 Å². The summed E-state index contributed by atoms with van der Waals surface area (Å²) in [6, 6.07) is 5.63. The van der Waals surface area contributed by atoms with E-state index >= 15 is 0 Å². The third kappa shape index (κ3) is 2.09. The van der Waals surface area contributed by atoms with Crippen LogP contribution in [0.5, 0.6) is 5.75 Å². The first kappa shape index (κ1) is 10.7. The highest BCUT2D eigenvalue weighted by molar-refractivity contribution is 5.69. The van der Waals surface area contributed by atoms with E-state index in [9.17, 15) is 0 Å². The van der Waals surface area contributed by atoms with Crippen molar-refractivity contribution in [2.45, 2.75) is 19.9 Å². The summed E-state index contributed by atoms with van der Waals surface area (Å²) in [6.07, 6.45) is 0. The highest BCUT2D eigenvalue weighted by atomic mass is 16.5. The van der Waals surface area contributed by atoms with Crippen molar-refractivity contribution in [3.8, 4) is 5.75 Å². The van der Waals surface area contributed by atoms with E-state index in [-0.39, 0.29) is 6.04 Å². The topological polar surface area (TPSA) is 64.5 Å². The second-order valence-corrected chi connectivity index (χ2v) is 3.43. The number of hydrogen-bond acceptors (Lipinski definition) is 4. The zero-order valence-corrected chi connectivity index (χ0v) is 8.82. The SMILES string of the molecule is COc1ccc(N)c(N(N)C(C)C)c1. The van der Waals surface area contributed by atoms with Crippen LogP contribution in [-0.4, -0.2) is 13.2 Å². The summed E-state index contributed by atoms with van der Waals surface area (Å²) in [5.74, 6) is 6.61. The zero-order chi connectivity index (χ0) is 10.7. The van der Waals surface area contributed by atoms with Gasteiger partial charge in [0, 0.05) is 12.1 Å². The summed E-state index contributed by atoms with van der Waals surface area (Å²) in [4.78, 5) is 0. The minimum atomic E-state index is 0.199. The Morgan fingerprint density at radius 1 is 1.36 bits per heavy atom. The van der Waals surface area contributed by atoms with E-state index < -0.39 is 0 Å². The van der Waals surface area contributed by atoms with Crippen molar-refractivity contribution in [3.05, 3.63) is 18.2 Å². The molecule has 0 saturated carbocycles. The number of benzene rings is 1. The quantitative estimate of drug-likeness (QED) is 0.434. The summed E-state index contributed by atoms with van der Waals surface area (Å²) in [7, 11) is 1.62. The number of hydrazine groups is 1. The molecule has 1 aromatic rings. The molecule has 0 aromatic heterocycles. The van der Waals surface area contributed by atoms with E-state index in [0.717, 1.165) is 11.4 Å². The van der Waals surface area contributed by atoms with Crippen LogP contribution >= 0.6 is 0 Å². The molecular formula is C10H17N3O. The molecule has 0 aliphatic rings. The Bertz CT molecular complexity index is 312. The van der Waals surface area contributed by atoms with Gasteiger partial charge in [0.25, 0.3) is 0 Å². The molecule has 0 fully saturated rings. The van der Waals surface area contributed by atoms with Gasteiger partial charge in [-0.15, -0.1) is 0 Å². The second-order valence-electron chi connectivity index (χ2n) is 3.43. The molecule has 0 saturated heterocycles. The molecule has 4 heteroatoms. The lowest BCUT2D eigenvalue weighted by molar-refractivity contribution is 0.414. The van der Waals surface area contributed by atoms with Crippen LogP contribution in [0.1, 0.15) is 13.8 Å². The van der Waals surface area contributed by atoms with Crippen molar-refractivity contribution in [3.63, 3.8) is 0 Å². The summed E-state index contributed by atoms with van der Waals surface area (Å²) in [6.45, 7) is 4.00. The molecule has 0 aliphatic carbocycles. The smallest absolute Gasteiger partial charge is 0.121 e. The Morgan fingerprint density at radius 3 is 2.50 bits per heavy atom. The fourth-order valence-electron chi connectivity index (χ4n) is 1.15. The van der Waals surface area contributed by atoms with Crippen molar-refractivity contribution >= 4 is 11.4 Å². The normalized spacial score (nSPS) is 10.4. The number of nitrogen functional groups attached to an aromatic ring is 1. The molecule has 14 heavy (non-hydrogen) atoms. The van der Waals surface area contributed by atoms with E-state index in [2.05, 4.69) is 0 Å². The number of anilines is 2. The molecule has 1 rings (SSSR count). The average molecular weight is 195 g/mol. The van der Waals surface area contributed by atoms with Crippen LogP contribution in [0.25, 0.3) is 0 Å². The molecule has 4 nitrogen and oxygen atoms in total. The first-order valence-electron chi connectivity index (χ1n) is 4.53. The fourth-order valence-corrected chi connectivity index (χ4v) is 1.15. The van der Waals surface area contributed by atoms with Crippen LogP contribution in [0.3, 0.4) is 0 Å². The molecule has 0 bridgehead atoms. The molecule has 0 atom stereocenters. The molecule has 0 aliphatic heterocycles. The highest BCUT2D eigenvalue weighted by Gasteiger charge is 2.10. The van der Waals surface area contributed by atoms with E-state index in [0.29, 0.717) is 5.69 Å². The Labute approximate surface area is 84.4 Å². The van der Waals surface area contributed by atoms with Gasteiger partial charge < -0.3 is 15.5 Å². The monoisotopic (exact) mass is 195 g/mol. The summed E-state index contributed by atoms with van der Waals surface area (Å²) in [5, 5.41) is 1.62. The van der Waals surface area contributed by atoms with E-state index in [1.807, 2.05) is 26.0 Å². The van der Waals surface area contributed by atoms with Crippen molar-refractivity contribution in [2.75, 3.05) is 17.9 Å². The Balaban J connectivity index is 3.05. The van der Waals surface area contributed by atoms with E-state index in [1.54, 1.807) is 18.2 Å². The van der Waals surface area contributed by atoms with Crippen LogP contribution in [0, 0.1) is 0 Å². The third-order valence-electron chi connectivity index (χ3n) is 2.07. The van der Waals surface area contributed by atoms with Crippen molar-refractivity contribution < 1.29 is 4.74 Å². The molecule has 0 amide bonds. The number of nitrogens with zero attached hydrogens (tertiary/aromatic N) is 1. The minimum absolute atomic E-state index is 0.199. The van der Waals surface area contributed by atoms with Gasteiger partial charge in [-0.2, -0.15) is 0 Å². The maximum Gasteiger partial charge on any atom is 0.121 e. The number of hydrogen-bond donors (Lipinski definition) is 2. The molecule has 0 radical (unpaired) electrons. The van der Waals surface area contributed by atoms with Gasteiger partial charge in [-0.1, -0.05) is 0 Å². The van der Waals surface area contributed by atoms with Gasteiger partial charge in [0.2, 0.25) is 0 Å². The van der Waals surface area contributed by atoms with Crippen molar-refractivity contribution in [1.82, 2.24) is 0 Å². The molecule has 0 unspecified atom stereocenters. The molecule has 1 aromatic carbocycles. The molecule has 0 spiro atoms. The van der Waals surface area contributed by atoms with Gasteiger partial charge >= 0.3 is 0 Å². The zero-order valence-electron chi connectivity index (χ0n) is 8.82. The molecule has 4 N–H and O–H groups in total. The number of nitrogens with two attached hydrogens (primary N) is 2. The second kappa shape index (κ2) is 4.19. The predicted octanol–water partition coefficient (Wildman–Crippen LogP) is 1.37. The van der Waals surface area contributed by atoms with Gasteiger partial charge in [-0.25, -0.2) is 5.84 Å². The number of methoxy groups -OCH3 is 1. The van der Waals surface area contributed by atoms with Crippen LogP contribution in [0.4, 0.5) is 11.4 Å².